The standard InChI is InChI=1S/C13H14O/c1-13(2,14)12-9-5-7-10-6-3-4-8-11(10)12/h3-9,14H,1-2H3. The van der Waals surface area contributed by atoms with Gasteiger partial charge in [0.25, 0.3) is 0 Å². The Labute approximate surface area is 84.0 Å². The third kappa shape index (κ3) is 1.51. The molecule has 0 saturated carbocycles. The fourth-order valence-electron chi connectivity index (χ4n) is 1.76. The number of fused-ring (bicyclic) bond motifs is 1. The summed E-state index contributed by atoms with van der Waals surface area (Å²) < 4.78 is 0. The highest BCUT2D eigenvalue weighted by atomic mass is 16.3. The van der Waals surface area contributed by atoms with Crippen LogP contribution < -0.4 is 0 Å². The molecule has 0 bridgehead atoms. The van der Waals surface area contributed by atoms with E-state index in [4.69, 9.17) is 0 Å². The van der Waals surface area contributed by atoms with Gasteiger partial charge in [-0.3, -0.25) is 0 Å². The van der Waals surface area contributed by atoms with Crippen LogP contribution in [0.5, 0.6) is 0 Å². The lowest BCUT2D eigenvalue weighted by Gasteiger charge is -2.19. The summed E-state index contributed by atoms with van der Waals surface area (Å²) in [5.41, 5.74) is 0.205. The van der Waals surface area contributed by atoms with E-state index in [9.17, 15) is 5.11 Å². The Morgan fingerprint density at radius 3 is 2.29 bits per heavy atom. The quantitative estimate of drug-likeness (QED) is 0.725. The zero-order valence-electron chi connectivity index (χ0n) is 8.49. The minimum atomic E-state index is -0.777. The second-order valence-electron chi connectivity index (χ2n) is 4.09. The average molecular weight is 186 g/mol. The van der Waals surface area contributed by atoms with E-state index in [0.29, 0.717) is 0 Å². The second kappa shape index (κ2) is 3.10. The van der Waals surface area contributed by atoms with Crippen molar-refractivity contribution in [2.75, 3.05) is 0 Å². The molecule has 0 atom stereocenters. The molecule has 1 nitrogen and oxygen atoms in total. The molecule has 72 valence electrons. The van der Waals surface area contributed by atoms with Gasteiger partial charge in [0, 0.05) is 0 Å². The number of benzene rings is 2. The Hall–Kier alpha value is -1.34. The maximum atomic E-state index is 9.99. The van der Waals surface area contributed by atoms with Crippen molar-refractivity contribution in [1.29, 1.82) is 0 Å². The summed E-state index contributed by atoms with van der Waals surface area (Å²) in [6, 6.07) is 14.1. The van der Waals surface area contributed by atoms with Gasteiger partial charge in [0.2, 0.25) is 0 Å². The molecule has 0 aromatic heterocycles. The van der Waals surface area contributed by atoms with E-state index < -0.39 is 5.60 Å². The molecule has 0 aliphatic rings. The molecule has 0 radical (unpaired) electrons. The second-order valence-corrected chi connectivity index (χ2v) is 4.09. The molecule has 14 heavy (non-hydrogen) atoms. The molecule has 0 heterocycles. The number of hydrogen-bond acceptors (Lipinski definition) is 1. The first-order valence-electron chi connectivity index (χ1n) is 4.79. The predicted molar refractivity (Wildman–Crippen MR) is 59.2 cm³/mol. The van der Waals surface area contributed by atoms with E-state index in [1.807, 2.05) is 44.2 Å². The Kier molecular flexibility index (Phi) is 2.05. The Bertz CT molecular complexity index is 447. The summed E-state index contributed by atoms with van der Waals surface area (Å²) in [5, 5.41) is 12.3. The van der Waals surface area contributed by atoms with Crippen molar-refractivity contribution in [3.63, 3.8) is 0 Å². The first-order chi connectivity index (χ1) is 6.59. The van der Waals surface area contributed by atoms with Gasteiger partial charge in [-0.25, -0.2) is 0 Å². The Balaban J connectivity index is 2.78. The first-order valence-corrected chi connectivity index (χ1v) is 4.79. The molecule has 0 amide bonds. The Morgan fingerprint density at radius 2 is 1.57 bits per heavy atom. The molecule has 1 heteroatoms. The summed E-state index contributed by atoms with van der Waals surface area (Å²) in [5.74, 6) is 0. The lowest BCUT2D eigenvalue weighted by molar-refractivity contribution is 0.0802. The summed E-state index contributed by atoms with van der Waals surface area (Å²) in [6.45, 7) is 3.63. The zero-order chi connectivity index (χ0) is 10.2. The fourth-order valence-corrected chi connectivity index (χ4v) is 1.76. The molecule has 0 spiro atoms. The van der Waals surface area contributed by atoms with Gasteiger partial charge in [0.15, 0.2) is 0 Å². The van der Waals surface area contributed by atoms with Crippen LogP contribution in [0.25, 0.3) is 10.8 Å². The lowest BCUT2D eigenvalue weighted by atomic mass is 9.93. The van der Waals surface area contributed by atoms with Crippen LogP contribution in [0.2, 0.25) is 0 Å². The van der Waals surface area contributed by atoms with E-state index in [1.54, 1.807) is 0 Å². The number of aliphatic hydroxyl groups is 1. The summed E-state index contributed by atoms with van der Waals surface area (Å²) >= 11 is 0. The average Bonchev–Trinajstić information content (AvgIpc) is 2.15. The van der Waals surface area contributed by atoms with Gasteiger partial charge in [0.1, 0.15) is 0 Å². The molecule has 0 unspecified atom stereocenters. The van der Waals surface area contributed by atoms with E-state index in [2.05, 4.69) is 12.1 Å². The van der Waals surface area contributed by atoms with Crippen LogP contribution in [0.15, 0.2) is 42.5 Å². The fraction of sp³-hybridized carbons (Fsp3) is 0.231. The minimum Gasteiger partial charge on any atom is -0.386 e. The van der Waals surface area contributed by atoms with Crippen molar-refractivity contribution < 1.29 is 5.11 Å². The highest BCUT2D eigenvalue weighted by molar-refractivity contribution is 5.86. The summed E-state index contributed by atoms with van der Waals surface area (Å²) in [6.07, 6.45) is 0. The molecule has 2 aromatic rings. The predicted octanol–water partition coefficient (Wildman–Crippen LogP) is 3.07. The molecular formula is C13H14O. The zero-order valence-corrected chi connectivity index (χ0v) is 8.49. The maximum absolute atomic E-state index is 9.99. The van der Waals surface area contributed by atoms with Gasteiger partial charge < -0.3 is 5.11 Å². The van der Waals surface area contributed by atoms with E-state index in [0.717, 1.165) is 10.9 Å². The van der Waals surface area contributed by atoms with E-state index in [-0.39, 0.29) is 0 Å². The molecule has 1 N–H and O–H groups in total. The van der Waals surface area contributed by atoms with Gasteiger partial charge in [0.05, 0.1) is 5.60 Å². The molecule has 0 aliphatic carbocycles. The van der Waals surface area contributed by atoms with E-state index >= 15 is 0 Å². The van der Waals surface area contributed by atoms with Crippen LogP contribution in [-0.4, -0.2) is 5.11 Å². The normalized spacial score (nSPS) is 11.9. The summed E-state index contributed by atoms with van der Waals surface area (Å²) in [4.78, 5) is 0. The number of rotatable bonds is 1. The van der Waals surface area contributed by atoms with Gasteiger partial charge in [-0.15, -0.1) is 0 Å². The van der Waals surface area contributed by atoms with Crippen molar-refractivity contribution in [3.8, 4) is 0 Å². The highest BCUT2D eigenvalue weighted by Crippen LogP contribution is 2.27. The van der Waals surface area contributed by atoms with Crippen LogP contribution in [-0.2, 0) is 5.60 Å². The van der Waals surface area contributed by atoms with Crippen molar-refractivity contribution in [2.24, 2.45) is 0 Å². The third-order valence-corrected chi connectivity index (χ3v) is 2.45. The molecular weight excluding hydrogens is 172 g/mol. The molecule has 0 fully saturated rings. The molecule has 0 aliphatic heterocycles. The van der Waals surface area contributed by atoms with Crippen molar-refractivity contribution in [1.82, 2.24) is 0 Å². The van der Waals surface area contributed by atoms with Crippen molar-refractivity contribution >= 4 is 10.8 Å². The van der Waals surface area contributed by atoms with Crippen molar-refractivity contribution in [3.05, 3.63) is 48.0 Å². The van der Waals surface area contributed by atoms with Crippen LogP contribution in [0.4, 0.5) is 0 Å². The SMILES string of the molecule is CC(C)(O)c1cccc2ccccc12. The van der Waals surface area contributed by atoms with Gasteiger partial charge >= 0.3 is 0 Å². The topological polar surface area (TPSA) is 20.2 Å². The van der Waals surface area contributed by atoms with Crippen LogP contribution in [0, 0.1) is 0 Å². The van der Waals surface area contributed by atoms with Crippen LogP contribution in [0.3, 0.4) is 0 Å². The number of hydrogen-bond donors (Lipinski definition) is 1. The molecule has 0 saturated heterocycles. The first kappa shape index (κ1) is 9.22. The van der Waals surface area contributed by atoms with Crippen LogP contribution in [0.1, 0.15) is 19.4 Å². The van der Waals surface area contributed by atoms with Gasteiger partial charge in [-0.05, 0) is 30.2 Å². The van der Waals surface area contributed by atoms with Gasteiger partial charge in [-0.2, -0.15) is 0 Å². The largest absolute Gasteiger partial charge is 0.386 e. The maximum Gasteiger partial charge on any atom is 0.0846 e. The minimum absolute atomic E-state index is 0.777. The lowest BCUT2D eigenvalue weighted by Crippen LogP contribution is -2.15. The summed E-state index contributed by atoms with van der Waals surface area (Å²) in [7, 11) is 0. The van der Waals surface area contributed by atoms with Gasteiger partial charge in [-0.1, -0.05) is 42.5 Å². The molecule has 2 rings (SSSR count). The molecule has 2 aromatic carbocycles. The monoisotopic (exact) mass is 186 g/mol. The highest BCUT2D eigenvalue weighted by Gasteiger charge is 2.17. The van der Waals surface area contributed by atoms with Crippen LogP contribution >= 0.6 is 0 Å². The van der Waals surface area contributed by atoms with Crippen molar-refractivity contribution in [2.45, 2.75) is 19.4 Å². The third-order valence-electron chi connectivity index (χ3n) is 2.45. The van der Waals surface area contributed by atoms with E-state index in [1.165, 1.54) is 5.39 Å². The smallest absolute Gasteiger partial charge is 0.0846 e. The Morgan fingerprint density at radius 1 is 0.929 bits per heavy atom.